The number of amides is 2. The van der Waals surface area contributed by atoms with Gasteiger partial charge in [-0.3, -0.25) is 14.5 Å². The molecule has 5 nitrogen and oxygen atoms in total. The molecule has 2 heterocycles. The van der Waals surface area contributed by atoms with Crippen LogP contribution in [0.25, 0.3) is 17.4 Å². The number of unbranched alkanes of at least 4 members (excludes halogenated alkanes) is 2. The smallest absolute Gasteiger partial charge is 0.271 e. The number of nitriles is 1. The van der Waals surface area contributed by atoms with Crippen molar-refractivity contribution in [2.24, 2.45) is 0 Å². The van der Waals surface area contributed by atoms with E-state index in [9.17, 15) is 14.9 Å². The first-order valence-corrected chi connectivity index (χ1v) is 9.89. The molecule has 1 aliphatic heterocycles. The van der Waals surface area contributed by atoms with E-state index < -0.39 is 11.8 Å². The Kier molecular flexibility index (Phi) is 6.36. The standard InChI is InChI=1S/C23H21ClN2O3/c1-3-4-5-11-26-22(27)19(15(2)20(14-25)23(26)28)13-18-9-10-21(29-18)16-7-6-8-17(24)12-16/h6-10,12-13H,3-5,11H2,1-2H3/b19-13+. The highest BCUT2D eigenvalue weighted by Crippen LogP contribution is 2.30. The minimum Gasteiger partial charge on any atom is -0.457 e. The first-order valence-electron chi connectivity index (χ1n) is 9.51. The Morgan fingerprint density at radius 2 is 1.97 bits per heavy atom. The summed E-state index contributed by atoms with van der Waals surface area (Å²) in [6.07, 6.45) is 4.17. The van der Waals surface area contributed by atoms with Gasteiger partial charge in [0.25, 0.3) is 11.8 Å². The van der Waals surface area contributed by atoms with Crippen molar-refractivity contribution < 1.29 is 14.0 Å². The van der Waals surface area contributed by atoms with E-state index in [2.05, 4.69) is 0 Å². The van der Waals surface area contributed by atoms with Gasteiger partial charge in [-0.1, -0.05) is 43.5 Å². The molecule has 148 valence electrons. The van der Waals surface area contributed by atoms with Crippen LogP contribution in [0.15, 0.2) is 57.5 Å². The van der Waals surface area contributed by atoms with Crippen LogP contribution < -0.4 is 0 Å². The van der Waals surface area contributed by atoms with Gasteiger partial charge in [-0.2, -0.15) is 5.26 Å². The van der Waals surface area contributed by atoms with E-state index in [-0.39, 0.29) is 5.57 Å². The van der Waals surface area contributed by atoms with Gasteiger partial charge in [0.2, 0.25) is 0 Å². The third kappa shape index (κ3) is 4.33. The Bertz CT molecular complexity index is 1060. The molecule has 2 aromatic rings. The number of halogens is 1. The lowest BCUT2D eigenvalue weighted by molar-refractivity contribution is -0.140. The van der Waals surface area contributed by atoms with Crippen molar-refractivity contribution in [2.75, 3.05) is 6.54 Å². The van der Waals surface area contributed by atoms with Crippen LogP contribution in [0.4, 0.5) is 0 Å². The summed E-state index contributed by atoms with van der Waals surface area (Å²) in [5.74, 6) is 0.147. The van der Waals surface area contributed by atoms with Crippen LogP contribution in [0.1, 0.15) is 38.9 Å². The fraction of sp³-hybridized carbons (Fsp3) is 0.261. The lowest BCUT2D eigenvalue weighted by Gasteiger charge is -2.27. The zero-order valence-corrected chi connectivity index (χ0v) is 17.1. The molecule has 0 radical (unpaired) electrons. The van der Waals surface area contributed by atoms with Gasteiger partial charge in [-0.15, -0.1) is 0 Å². The van der Waals surface area contributed by atoms with Crippen LogP contribution in [-0.4, -0.2) is 23.3 Å². The normalized spacial score (nSPS) is 15.9. The Labute approximate surface area is 174 Å². The number of imide groups is 1. The summed E-state index contributed by atoms with van der Waals surface area (Å²) >= 11 is 6.04. The maximum atomic E-state index is 13.0. The molecule has 3 rings (SSSR count). The van der Waals surface area contributed by atoms with Crippen LogP contribution in [0.3, 0.4) is 0 Å². The fourth-order valence-electron chi connectivity index (χ4n) is 3.22. The molecule has 0 saturated heterocycles. The Morgan fingerprint density at radius 1 is 1.17 bits per heavy atom. The average molecular weight is 409 g/mol. The van der Waals surface area contributed by atoms with E-state index in [1.54, 1.807) is 37.3 Å². The highest BCUT2D eigenvalue weighted by atomic mass is 35.5. The molecule has 0 unspecified atom stereocenters. The number of nitrogens with zero attached hydrogens (tertiary/aromatic N) is 2. The van der Waals surface area contributed by atoms with E-state index in [0.717, 1.165) is 23.3 Å². The maximum absolute atomic E-state index is 13.0. The molecular formula is C23H21ClN2O3. The summed E-state index contributed by atoms with van der Waals surface area (Å²) in [6, 6.07) is 12.8. The molecule has 1 aromatic heterocycles. The summed E-state index contributed by atoms with van der Waals surface area (Å²) in [6.45, 7) is 3.96. The summed E-state index contributed by atoms with van der Waals surface area (Å²) < 4.78 is 5.86. The molecule has 0 saturated carbocycles. The molecular weight excluding hydrogens is 388 g/mol. The molecule has 29 heavy (non-hydrogen) atoms. The predicted molar refractivity (Wildman–Crippen MR) is 112 cm³/mol. The Morgan fingerprint density at radius 3 is 2.66 bits per heavy atom. The number of benzene rings is 1. The molecule has 0 N–H and O–H groups in total. The van der Waals surface area contributed by atoms with Gasteiger partial charge in [0.1, 0.15) is 23.2 Å². The molecule has 6 heteroatoms. The number of furan rings is 1. The third-order valence-corrected chi connectivity index (χ3v) is 5.07. The van der Waals surface area contributed by atoms with Gasteiger partial charge in [-0.05, 0) is 49.3 Å². The Hall–Kier alpha value is -3.10. The van der Waals surface area contributed by atoms with Crippen molar-refractivity contribution in [1.29, 1.82) is 5.26 Å². The molecule has 2 amide bonds. The lowest BCUT2D eigenvalue weighted by Crippen LogP contribution is -2.43. The quantitative estimate of drug-likeness (QED) is 0.365. The second-order valence-corrected chi connectivity index (χ2v) is 7.29. The van der Waals surface area contributed by atoms with E-state index in [4.69, 9.17) is 16.0 Å². The minimum absolute atomic E-state index is 0.00558. The second-order valence-electron chi connectivity index (χ2n) is 6.85. The van der Waals surface area contributed by atoms with Gasteiger partial charge in [0.05, 0.1) is 0 Å². The molecule has 0 fully saturated rings. The molecule has 0 atom stereocenters. The van der Waals surface area contributed by atoms with Crippen LogP contribution in [0, 0.1) is 11.3 Å². The molecule has 1 aromatic carbocycles. The average Bonchev–Trinajstić information content (AvgIpc) is 3.17. The predicted octanol–water partition coefficient (Wildman–Crippen LogP) is 5.38. The van der Waals surface area contributed by atoms with Crippen molar-refractivity contribution >= 4 is 29.5 Å². The molecule has 0 aliphatic carbocycles. The number of rotatable bonds is 6. The van der Waals surface area contributed by atoms with Gasteiger partial charge in [0.15, 0.2) is 0 Å². The van der Waals surface area contributed by atoms with Crippen LogP contribution in [-0.2, 0) is 9.59 Å². The number of carbonyl (C=O) groups is 2. The van der Waals surface area contributed by atoms with Gasteiger partial charge in [-0.25, -0.2) is 0 Å². The zero-order chi connectivity index (χ0) is 21.0. The van der Waals surface area contributed by atoms with Gasteiger partial charge in [0, 0.05) is 22.7 Å². The first-order chi connectivity index (χ1) is 14.0. The number of carbonyl (C=O) groups excluding carboxylic acids is 2. The Balaban J connectivity index is 1.96. The lowest BCUT2D eigenvalue weighted by atomic mass is 9.94. The zero-order valence-electron chi connectivity index (χ0n) is 16.4. The maximum Gasteiger partial charge on any atom is 0.271 e. The second kappa shape index (κ2) is 8.93. The van der Waals surface area contributed by atoms with Crippen molar-refractivity contribution in [2.45, 2.75) is 33.1 Å². The third-order valence-electron chi connectivity index (χ3n) is 4.83. The van der Waals surface area contributed by atoms with Crippen LogP contribution >= 0.6 is 11.6 Å². The summed E-state index contributed by atoms with van der Waals surface area (Å²) in [5.41, 5.74) is 1.48. The van der Waals surface area contributed by atoms with Crippen molar-refractivity contribution in [1.82, 2.24) is 4.90 Å². The van der Waals surface area contributed by atoms with E-state index >= 15 is 0 Å². The van der Waals surface area contributed by atoms with Crippen molar-refractivity contribution in [3.8, 4) is 17.4 Å². The van der Waals surface area contributed by atoms with Gasteiger partial charge >= 0.3 is 0 Å². The van der Waals surface area contributed by atoms with Gasteiger partial charge < -0.3 is 4.42 Å². The van der Waals surface area contributed by atoms with E-state index in [1.165, 1.54) is 0 Å². The fourth-order valence-corrected chi connectivity index (χ4v) is 3.41. The van der Waals surface area contributed by atoms with Crippen LogP contribution in [0.5, 0.6) is 0 Å². The largest absolute Gasteiger partial charge is 0.457 e. The molecule has 0 spiro atoms. The SMILES string of the molecule is CCCCCN1C(=O)C(C#N)=C(C)/C(=C\c2ccc(-c3cccc(Cl)c3)o2)C1=O. The summed E-state index contributed by atoms with van der Waals surface area (Å²) in [4.78, 5) is 26.7. The minimum atomic E-state index is -0.526. The monoisotopic (exact) mass is 408 g/mol. The first kappa shape index (κ1) is 20.6. The summed E-state index contributed by atoms with van der Waals surface area (Å²) in [5, 5.41) is 10.0. The van der Waals surface area contributed by atoms with Crippen LogP contribution in [0.2, 0.25) is 5.02 Å². The highest BCUT2D eigenvalue weighted by Gasteiger charge is 2.35. The summed E-state index contributed by atoms with van der Waals surface area (Å²) in [7, 11) is 0. The highest BCUT2D eigenvalue weighted by molar-refractivity contribution is 6.30. The van der Waals surface area contributed by atoms with E-state index in [1.807, 2.05) is 25.1 Å². The van der Waals surface area contributed by atoms with Crippen molar-refractivity contribution in [3.63, 3.8) is 0 Å². The van der Waals surface area contributed by atoms with Crippen molar-refractivity contribution in [3.05, 3.63) is 63.9 Å². The van der Waals surface area contributed by atoms with E-state index in [0.29, 0.717) is 40.7 Å². The number of hydrogen-bond donors (Lipinski definition) is 0. The topological polar surface area (TPSA) is 74.3 Å². The number of hydrogen-bond acceptors (Lipinski definition) is 4. The molecule has 1 aliphatic rings. The molecule has 0 bridgehead atoms.